The molecule has 0 aliphatic carbocycles. The molecule has 2 amide bonds. The van der Waals surface area contributed by atoms with E-state index >= 15 is 0 Å². The molecule has 1 heterocycles. The molecule has 0 saturated carbocycles. The number of likely N-dealkylation sites (N-methyl/N-ethyl adjacent to an activating group) is 1. The van der Waals surface area contributed by atoms with Crippen LogP contribution in [-0.2, 0) is 9.53 Å². The number of ether oxygens (including phenoxy) is 4. The second-order valence-electron chi connectivity index (χ2n) is 7.24. The van der Waals surface area contributed by atoms with E-state index in [1.54, 1.807) is 39.3 Å². The standard InChI is InChI=1S/C24H28N2O6/c1-6-31-23(27)21-18(14-32-17-9-7-8-15(2)12-17)26(3)24(28)25-22(21)16-10-11-19(29-4)20(13-16)30-5/h7-13,22H,6,14H2,1-5H3,(H,25,28)/t22-/m1/s1. The first kappa shape index (κ1) is 23.0. The molecule has 0 unspecified atom stereocenters. The predicted molar refractivity (Wildman–Crippen MR) is 119 cm³/mol. The zero-order chi connectivity index (χ0) is 23.3. The van der Waals surface area contributed by atoms with Crippen molar-refractivity contribution in [2.45, 2.75) is 19.9 Å². The summed E-state index contributed by atoms with van der Waals surface area (Å²) in [5.74, 6) is 1.14. The van der Waals surface area contributed by atoms with Crippen LogP contribution in [0.4, 0.5) is 4.79 Å². The van der Waals surface area contributed by atoms with Crippen molar-refractivity contribution in [3.05, 3.63) is 64.9 Å². The molecule has 0 spiro atoms. The van der Waals surface area contributed by atoms with E-state index in [-0.39, 0.29) is 19.2 Å². The van der Waals surface area contributed by atoms with Gasteiger partial charge in [-0.3, -0.25) is 4.90 Å². The molecule has 2 aromatic rings. The molecule has 1 aliphatic heterocycles. The van der Waals surface area contributed by atoms with Crippen molar-refractivity contribution in [3.63, 3.8) is 0 Å². The fraction of sp³-hybridized carbons (Fsp3) is 0.333. The van der Waals surface area contributed by atoms with Crippen molar-refractivity contribution in [2.24, 2.45) is 0 Å². The van der Waals surface area contributed by atoms with Crippen molar-refractivity contribution in [1.29, 1.82) is 0 Å². The molecule has 8 heteroatoms. The summed E-state index contributed by atoms with van der Waals surface area (Å²) in [7, 11) is 4.66. The van der Waals surface area contributed by atoms with Gasteiger partial charge in [0.25, 0.3) is 0 Å². The fourth-order valence-electron chi connectivity index (χ4n) is 3.52. The monoisotopic (exact) mass is 440 g/mol. The highest BCUT2D eigenvalue weighted by molar-refractivity contribution is 5.95. The summed E-state index contributed by atoms with van der Waals surface area (Å²) < 4.78 is 22.0. The number of carbonyl (C=O) groups is 2. The van der Waals surface area contributed by atoms with E-state index in [2.05, 4.69) is 5.32 Å². The summed E-state index contributed by atoms with van der Waals surface area (Å²) in [5, 5.41) is 2.87. The van der Waals surface area contributed by atoms with Crippen LogP contribution in [0.25, 0.3) is 0 Å². The minimum atomic E-state index is -0.742. The van der Waals surface area contributed by atoms with Crippen LogP contribution in [0.3, 0.4) is 0 Å². The highest BCUT2D eigenvalue weighted by atomic mass is 16.5. The van der Waals surface area contributed by atoms with Crippen molar-refractivity contribution in [1.82, 2.24) is 10.2 Å². The highest BCUT2D eigenvalue weighted by Gasteiger charge is 2.37. The number of esters is 1. The second-order valence-corrected chi connectivity index (χ2v) is 7.24. The van der Waals surface area contributed by atoms with E-state index in [1.807, 2.05) is 31.2 Å². The smallest absolute Gasteiger partial charge is 0.338 e. The quantitative estimate of drug-likeness (QED) is 0.631. The largest absolute Gasteiger partial charge is 0.493 e. The average molecular weight is 440 g/mol. The lowest BCUT2D eigenvalue weighted by Gasteiger charge is -2.34. The molecule has 2 aromatic carbocycles. The molecule has 0 saturated heterocycles. The maximum atomic E-state index is 13.0. The topological polar surface area (TPSA) is 86.3 Å². The number of aryl methyl sites for hydroxylation is 1. The van der Waals surface area contributed by atoms with Crippen LogP contribution in [0.2, 0.25) is 0 Å². The first-order valence-electron chi connectivity index (χ1n) is 10.2. The van der Waals surface area contributed by atoms with Crippen molar-refractivity contribution in [2.75, 3.05) is 34.5 Å². The second kappa shape index (κ2) is 10.1. The van der Waals surface area contributed by atoms with Gasteiger partial charge in [0.2, 0.25) is 0 Å². The Labute approximate surface area is 187 Å². The number of methoxy groups -OCH3 is 2. The molecule has 0 radical (unpaired) electrons. The Morgan fingerprint density at radius 2 is 1.84 bits per heavy atom. The van der Waals surface area contributed by atoms with Gasteiger partial charge in [-0.05, 0) is 49.2 Å². The van der Waals surface area contributed by atoms with Gasteiger partial charge in [-0.25, -0.2) is 9.59 Å². The molecule has 0 fully saturated rings. The Balaban J connectivity index is 2.06. The molecule has 170 valence electrons. The van der Waals surface area contributed by atoms with Gasteiger partial charge in [0.05, 0.1) is 38.1 Å². The van der Waals surface area contributed by atoms with Crippen LogP contribution in [-0.4, -0.2) is 51.4 Å². The highest BCUT2D eigenvalue weighted by Crippen LogP contribution is 2.36. The zero-order valence-electron chi connectivity index (χ0n) is 18.9. The van der Waals surface area contributed by atoms with Crippen LogP contribution in [0.5, 0.6) is 17.2 Å². The van der Waals surface area contributed by atoms with Crippen LogP contribution in [0.15, 0.2) is 53.7 Å². The molecule has 3 rings (SSSR count). The van der Waals surface area contributed by atoms with Crippen LogP contribution in [0.1, 0.15) is 24.1 Å². The molecular weight excluding hydrogens is 412 g/mol. The number of hydrogen-bond donors (Lipinski definition) is 1. The van der Waals surface area contributed by atoms with Crippen molar-refractivity contribution in [3.8, 4) is 17.2 Å². The Morgan fingerprint density at radius 1 is 1.09 bits per heavy atom. The van der Waals surface area contributed by atoms with Gasteiger partial charge in [-0.15, -0.1) is 0 Å². The van der Waals surface area contributed by atoms with Gasteiger partial charge >= 0.3 is 12.0 Å². The molecule has 1 N–H and O–H groups in total. The minimum absolute atomic E-state index is 0.0192. The lowest BCUT2D eigenvalue weighted by Crippen LogP contribution is -2.48. The van der Waals surface area contributed by atoms with Gasteiger partial charge in [0, 0.05) is 7.05 Å². The minimum Gasteiger partial charge on any atom is -0.493 e. The molecule has 1 aliphatic rings. The van der Waals surface area contributed by atoms with E-state index in [4.69, 9.17) is 18.9 Å². The van der Waals surface area contributed by atoms with Gasteiger partial charge in [0.1, 0.15) is 12.4 Å². The first-order valence-corrected chi connectivity index (χ1v) is 10.2. The average Bonchev–Trinajstić information content (AvgIpc) is 2.79. The fourth-order valence-corrected chi connectivity index (χ4v) is 3.52. The molecule has 32 heavy (non-hydrogen) atoms. The third-order valence-corrected chi connectivity index (χ3v) is 5.18. The number of hydrogen-bond acceptors (Lipinski definition) is 6. The van der Waals surface area contributed by atoms with Gasteiger partial charge in [0.15, 0.2) is 11.5 Å². The van der Waals surface area contributed by atoms with Gasteiger partial charge in [-0.2, -0.15) is 0 Å². The number of urea groups is 1. The number of benzene rings is 2. The Hall–Kier alpha value is -3.68. The number of nitrogens with one attached hydrogen (secondary N) is 1. The van der Waals surface area contributed by atoms with Gasteiger partial charge in [-0.1, -0.05) is 18.2 Å². The third kappa shape index (κ3) is 4.80. The summed E-state index contributed by atoms with van der Waals surface area (Å²) in [6.45, 7) is 3.91. The zero-order valence-corrected chi connectivity index (χ0v) is 18.9. The molecule has 0 bridgehead atoms. The van der Waals surface area contributed by atoms with Gasteiger partial charge < -0.3 is 24.3 Å². The maximum absolute atomic E-state index is 13.0. The predicted octanol–water partition coefficient (Wildman–Crippen LogP) is 3.60. The number of carbonyl (C=O) groups excluding carboxylic acids is 2. The summed E-state index contributed by atoms with van der Waals surface area (Å²) in [5.41, 5.74) is 2.42. The van der Waals surface area contributed by atoms with Crippen LogP contribution >= 0.6 is 0 Å². The Bertz CT molecular complexity index is 1030. The molecular formula is C24H28N2O6. The van der Waals surface area contributed by atoms with Crippen molar-refractivity contribution < 1.29 is 28.5 Å². The lowest BCUT2D eigenvalue weighted by molar-refractivity contribution is -0.139. The Kier molecular flexibility index (Phi) is 7.25. The van der Waals surface area contributed by atoms with E-state index < -0.39 is 12.0 Å². The summed E-state index contributed by atoms with van der Waals surface area (Å²) in [6, 6.07) is 11.7. The summed E-state index contributed by atoms with van der Waals surface area (Å²) in [6.07, 6.45) is 0. The van der Waals surface area contributed by atoms with E-state index in [1.165, 1.54) is 12.0 Å². The van der Waals surface area contributed by atoms with Crippen molar-refractivity contribution >= 4 is 12.0 Å². The Morgan fingerprint density at radius 3 is 2.50 bits per heavy atom. The number of rotatable bonds is 8. The van der Waals surface area contributed by atoms with E-state index in [0.29, 0.717) is 34.1 Å². The molecule has 8 nitrogen and oxygen atoms in total. The van der Waals surface area contributed by atoms with E-state index in [0.717, 1.165) is 5.56 Å². The summed E-state index contributed by atoms with van der Waals surface area (Å²) in [4.78, 5) is 27.2. The maximum Gasteiger partial charge on any atom is 0.338 e. The van der Waals surface area contributed by atoms with Crippen LogP contribution in [0, 0.1) is 6.92 Å². The molecule has 0 aromatic heterocycles. The first-order chi connectivity index (χ1) is 15.4. The number of amides is 2. The third-order valence-electron chi connectivity index (χ3n) is 5.18. The van der Waals surface area contributed by atoms with Crippen LogP contribution < -0.4 is 19.5 Å². The SMILES string of the molecule is CCOC(=O)C1=C(COc2cccc(C)c2)N(C)C(=O)N[C@@H]1c1ccc(OC)c(OC)c1. The van der Waals surface area contributed by atoms with E-state index in [9.17, 15) is 9.59 Å². The normalized spacial score (nSPS) is 15.8. The molecule has 1 atom stereocenters. The lowest BCUT2D eigenvalue weighted by atomic mass is 9.94. The number of nitrogens with zero attached hydrogens (tertiary/aromatic N) is 1. The summed E-state index contributed by atoms with van der Waals surface area (Å²) >= 11 is 0.